The van der Waals surface area contributed by atoms with Crippen molar-refractivity contribution in [2.24, 2.45) is 0 Å². The van der Waals surface area contributed by atoms with Gasteiger partial charge in [-0.2, -0.15) is 4.98 Å². The highest BCUT2D eigenvalue weighted by Gasteiger charge is 2.14. The number of hydrogen-bond donors (Lipinski definition) is 1. The summed E-state index contributed by atoms with van der Waals surface area (Å²) in [6.07, 6.45) is 0.880. The maximum absolute atomic E-state index is 6.01. The van der Waals surface area contributed by atoms with E-state index in [-0.39, 0.29) is 0 Å². The van der Waals surface area contributed by atoms with Gasteiger partial charge in [-0.05, 0) is 31.0 Å². The van der Waals surface area contributed by atoms with Crippen LogP contribution in [0, 0.1) is 6.92 Å². The van der Waals surface area contributed by atoms with Gasteiger partial charge in [0.2, 0.25) is 5.95 Å². The van der Waals surface area contributed by atoms with Crippen molar-refractivity contribution < 1.29 is 4.74 Å². The van der Waals surface area contributed by atoms with Crippen LogP contribution >= 0.6 is 11.6 Å². The Morgan fingerprint density at radius 3 is 2.83 bits per heavy atom. The van der Waals surface area contributed by atoms with Crippen molar-refractivity contribution in [2.45, 2.75) is 13.3 Å². The summed E-state index contributed by atoms with van der Waals surface area (Å²) in [5.41, 5.74) is 2.16. The van der Waals surface area contributed by atoms with E-state index in [9.17, 15) is 0 Å². The zero-order valence-electron chi connectivity index (χ0n) is 13.3. The quantitative estimate of drug-likeness (QED) is 0.912. The van der Waals surface area contributed by atoms with Gasteiger partial charge in [0, 0.05) is 36.4 Å². The zero-order valence-corrected chi connectivity index (χ0v) is 14.0. The van der Waals surface area contributed by atoms with Gasteiger partial charge >= 0.3 is 0 Å². The van der Waals surface area contributed by atoms with Crippen LogP contribution in [0.2, 0.25) is 5.02 Å². The highest BCUT2D eigenvalue weighted by molar-refractivity contribution is 6.30. The van der Waals surface area contributed by atoms with Crippen LogP contribution in [0.15, 0.2) is 30.3 Å². The molecule has 1 N–H and O–H groups in total. The van der Waals surface area contributed by atoms with Crippen molar-refractivity contribution in [1.82, 2.24) is 9.97 Å². The van der Waals surface area contributed by atoms with E-state index < -0.39 is 0 Å². The largest absolute Gasteiger partial charge is 0.378 e. The minimum absolute atomic E-state index is 0.675. The molecule has 122 valence electrons. The average Bonchev–Trinajstić information content (AvgIpc) is 2.55. The van der Waals surface area contributed by atoms with Crippen molar-refractivity contribution in [2.75, 3.05) is 43.1 Å². The second-order valence-corrected chi connectivity index (χ2v) is 6.03. The molecule has 0 bridgehead atoms. The Kier molecular flexibility index (Phi) is 5.31. The van der Waals surface area contributed by atoms with Crippen LogP contribution in [-0.2, 0) is 11.2 Å². The Bertz CT molecular complexity index is 659. The van der Waals surface area contributed by atoms with Gasteiger partial charge in [0.25, 0.3) is 0 Å². The first kappa shape index (κ1) is 16.0. The Morgan fingerprint density at radius 1 is 1.22 bits per heavy atom. The number of anilines is 2. The van der Waals surface area contributed by atoms with Gasteiger partial charge in [0.05, 0.1) is 13.2 Å². The molecule has 0 aliphatic carbocycles. The van der Waals surface area contributed by atoms with E-state index in [0.29, 0.717) is 5.95 Å². The number of nitrogens with zero attached hydrogens (tertiary/aromatic N) is 3. The summed E-state index contributed by atoms with van der Waals surface area (Å²) >= 11 is 6.01. The molecule has 1 aromatic carbocycles. The van der Waals surface area contributed by atoms with Gasteiger partial charge in [0.1, 0.15) is 5.82 Å². The van der Waals surface area contributed by atoms with Crippen LogP contribution in [0.25, 0.3) is 0 Å². The highest BCUT2D eigenvalue weighted by Crippen LogP contribution is 2.16. The fourth-order valence-corrected chi connectivity index (χ4v) is 2.81. The molecule has 0 unspecified atom stereocenters. The predicted molar refractivity (Wildman–Crippen MR) is 93.4 cm³/mol. The Labute approximate surface area is 141 Å². The molecule has 1 saturated heterocycles. The monoisotopic (exact) mass is 332 g/mol. The van der Waals surface area contributed by atoms with Crippen LogP contribution in [0.3, 0.4) is 0 Å². The molecule has 1 aromatic heterocycles. The first-order valence-corrected chi connectivity index (χ1v) is 8.25. The molecule has 0 radical (unpaired) electrons. The van der Waals surface area contributed by atoms with Gasteiger partial charge in [-0.25, -0.2) is 4.98 Å². The topological polar surface area (TPSA) is 50.3 Å². The number of halogens is 1. The number of nitrogens with one attached hydrogen (secondary N) is 1. The van der Waals surface area contributed by atoms with E-state index in [4.69, 9.17) is 16.3 Å². The second kappa shape index (κ2) is 7.62. The van der Waals surface area contributed by atoms with Crippen LogP contribution in [-0.4, -0.2) is 42.8 Å². The molecule has 2 aromatic rings. The van der Waals surface area contributed by atoms with Gasteiger partial charge in [-0.3, -0.25) is 0 Å². The van der Waals surface area contributed by atoms with E-state index >= 15 is 0 Å². The average molecular weight is 333 g/mol. The van der Waals surface area contributed by atoms with Crippen LogP contribution in [0.4, 0.5) is 11.8 Å². The number of aryl methyl sites for hydroxylation is 1. The van der Waals surface area contributed by atoms with E-state index in [2.05, 4.69) is 26.3 Å². The molecule has 0 atom stereocenters. The molecule has 23 heavy (non-hydrogen) atoms. The maximum atomic E-state index is 6.01. The lowest BCUT2D eigenvalue weighted by Crippen LogP contribution is -2.37. The van der Waals surface area contributed by atoms with E-state index in [1.807, 2.05) is 31.2 Å². The van der Waals surface area contributed by atoms with Gasteiger partial charge in [0.15, 0.2) is 0 Å². The summed E-state index contributed by atoms with van der Waals surface area (Å²) in [6, 6.07) is 9.94. The summed E-state index contributed by atoms with van der Waals surface area (Å²) < 4.78 is 5.39. The van der Waals surface area contributed by atoms with Crippen LogP contribution in [0.5, 0.6) is 0 Å². The number of ether oxygens (including phenoxy) is 1. The lowest BCUT2D eigenvalue weighted by atomic mass is 10.1. The lowest BCUT2D eigenvalue weighted by Gasteiger charge is -2.28. The summed E-state index contributed by atoms with van der Waals surface area (Å²) in [5, 5.41) is 4.08. The van der Waals surface area contributed by atoms with Crippen molar-refractivity contribution in [1.29, 1.82) is 0 Å². The summed E-state index contributed by atoms with van der Waals surface area (Å²) in [7, 11) is 0. The Morgan fingerprint density at radius 2 is 2.04 bits per heavy atom. The minimum Gasteiger partial charge on any atom is -0.378 e. The van der Waals surface area contributed by atoms with Crippen molar-refractivity contribution in [3.05, 3.63) is 46.6 Å². The van der Waals surface area contributed by atoms with Crippen molar-refractivity contribution in [3.63, 3.8) is 0 Å². The molecule has 6 heteroatoms. The van der Waals surface area contributed by atoms with Gasteiger partial charge in [-0.15, -0.1) is 0 Å². The normalized spacial score (nSPS) is 14.8. The number of benzene rings is 1. The fraction of sp³-hybridized carbons (Fsp3) is 0.412. The number of morpholine rings is 1. The van der Waals surface area contributed by atoms with E-state index in [1.165, 1.54) is 5.56 Å². The van der Waals surface area contributed by atoms with Gasteiger partial charge < -0.3 is 15.0 Å². The number of aromatic nitrogens is 2. The molecular formula is C17H21ClN4O. The summed E-state index contributed by atoms with van der Waals surface area (Å²) in [6.45, 7) is 6.01. The Hall–Kier alpha value is -1.85. The van der Waals surface area contributed by atoms with E-state index in [1.54, 1.807) is 0 Å². The number of hydrogen-bond acceptors (Lipinski definition) is 5. The molecule has 1 aliphatic heterocycles. The molecule has 0 spiro atoms. The summed E-state index contributed by atoms with van der Waals surface area (Å²) in [4.78, 5) is 11.3. The fourth-order valence-electron chi connectivity index (χ4n) is 2.60. The molecule has 1 aliphatic rings. The first-order chi connectivity index (χ1) is 11.2. The van der Waals surface area contributed by atoms with E-state index in [0.717, 1.165) is 55.8 Å². The third-order valence-corrected chi connectivity index (χ3v) is 4.00. The molecule has 0 amide bonds. The highest BCUT2D eigenvalue weighted by atomic mass is 35.5. The third-order valence-electron chi connectivity index (χ3n) is 3.76. The smallest absolute Gasteiger partial charge is 0.224 e. The molecule has 3 rings (SSSR count). The number of rotatable bonds is 5. The molecule has 5 nitrogen and oxygen atoms in total. The third kappa shape index (κ3) is 4.56. The van der Waals surface area contributed by atoms with Crippen molar-refractivity contribution in [3.8, 4) is 0 Å². The predicted octanol–water partition coefficient (Wildman–Crippen LogP) is 2.93. The lowest BCUT2D eigenvalue weighted by molar-refractivity contribution is 0.122. The Balaban J connectivity index is 1.62. The summed E-state index contributed by atoms with van der Waals surface area (Å²) in [5.74, 6) is 1.64. The molecule has 0 saturated carbocycles. The van der Waals surface area contributed by atoms with Crippen LogP contribution < -0.4 is 10.2 Å². The SMILES string of the molecule is Cc1cc(N2CCOCC2)nc(NCCc2cccc(Cl)c2)n1. The molecular weight excluding hydrogens is 312 g/mol. The second-order valence-electron chi connectivity index (χ2n) is 5.60. The van der Waals surface area contributed by atoms with Crippen molar-refractivity contribution >= 4 is 23.4 Å². The maximum Gasteiger partial charge on any atom is 0.224 e. The molecule has 1 fully saturated rings. The van der Waals surface area contributed by atoms with Crippen LogP contribution in [0.1, 0.15) is 11.3 Å². The molecule has 2 heterocycles. The zero-order chi connectivity index (χ0) is 16.1. The van der Waals surface area contributed by atoms with Gasteiger partial charge in [-0.1, -0.05) is 23.7 Å². The standard InChI is InChI=1S/C17H21ClN4O/c1-13-11-16(22-7-9-23-10-8-22)21-17(20-13)19-6-5-14-3-2-4-15(18)12-14/h2-4,11-12H,5-10H2,1H3,(H,19,20,21). The first-order valence-electron chi connectivity index (χ1n) is 7.87. The minimum atomic E-state index is 0.675.